The summed E-state index contributed by atoms with van der Waals surface area (Å²) in [5.74, 6) is 0.831. The number of benzene rings is 2. The quantitative estimate of drug-likeness (QED) is 0.769. The van der Waals surface area contributed by atoms with Gasteiger partial charge in [-0.15, -0.1) is 0 Å². The summed E-state index contributed by atoms with van der Waals surface area (Å²) in [6.45, 7) is 1.48. The lowest BCUT2D eigenvalue weighted by molar-refractivity contribution is 0.416. The van der Waals surface area contributed by atoms with Crippen LogP contribution in [0.15, 0.2) is 42.5 Å². The molecule has 2 rings (SSSR count). The summed E-state index contributed by atoms with van der Waals surface area (Å²) in [4.78, 5) is 0. The van der Waals surface area contributed by atoms with E-state index in [-0.39, 0.29) is 0 Å². The third-order valence-electron chi connectivity index (χ3n) is 2.79. The number of para-hydroxylation sites is 2. The number of halogens is 2. The molecule has 0 atom stereocenters. The Morgan fingerprint density at radius 2 is 1.65 bits per heavy atom. The summed E-state index contributed by atoms with van der Waals surface area (Å²) in [7, 11) is 1.66. The molecule has 2 N–H and O–H groups in total. The number of ether oxygens (including phenoxy) is 1. The van der Waals surface area contributed by atoms with E-state index in [4.69, 9.17) is 27.9 Å². The standard InChI is InChI=1S/C15H16Cl2N2O/c1-20-15-5-3-2-4-14(15)19-9-8-18-13-7-6-11(16)10-12(13)17/h2-7,10,18-19H,8-9H2,1H3. The minimum absolute atomic E-state index is 0.620. The van der Waals surface area contributed by atoms with Crippen molar-refractivity contribution in [3.05, 3.63) is 52.5 Å². The van der Waals surface area contributed by atoms with E-state index < -0.39 is 0 Å². The highest BCUT2D eigenvalue weighted by atomic mass is 35.5. The lowest BCUT2D eigenvalue weighted by Crippen LogP contribution is -2.14. The van der Waals surface area contributed by atoms with Crippen LogP contribution >= 0.6 is 23.2 Å². The zero-order valence-corrected chi connectivity index (χ0v) is 12.6. The van der Waals surface area contributed by atoms with E-state index in [0.29, 0.717) is 10.0 Å². The van der Waals surface area contributed by atoms with E-state index in [1.807, 2.05) is 36.4 Å². The van der Waals surface area contributed by atoms with Gasteiger partial charge in [-0.2, -0.15) is 0 Å². The highest BCUT2D eigenvalue weighted by Gasteiger charge is 2.02. The van der Waals surface area contributed by atoms with Gasteiger partial charge < -0.3 is 15.4 Å². The van der Waals surface area contributed by atoms with Crippen LogP contribution in [-0.4, -0.2) is 20.2 Å². The molecule has 0 saturated carbocycles. The molecule has 0 aliphatic heterocycles. The summed E-state index contributed by atoms with van der Waals surface area (Å²) in [6, 6.07) is 13.2. The van der Waals surface area contributed by atoms with Crippen molar-refractivity contribution in [2.75, 3.05) is 30.8 Å². The summed E-state index contributed by atoms with van der Waals surface area (Å²) < 4.78 is 5.27. The number of methoxy groups -OCH3 is 1. The molecule has 0 spiro atoms. The van der Waals surface area contributed by atoms with Crippen molar-refractivity contribution in [2.24, 2.45) is 0 Å². The van der Waals surface area contributed by atoms with Gasteiger partial charge in [-0.1, -0.05) is 35.3 Å². The Balaban J connectivity index is 1.84. The van der Waals surface area contributed by atoms with Gasteiger partial charge in [0, 0.05) is 18.1 Å². The first-order valence-corrected chi connectivity index (χ1v) is 7.02. The maximum atomic E-state index is 6.09. The van der Waals surface area contributed by atoms with Crippen LogP contribution in [0.1, 0.15) is 0 Å². The SMILES string of the molecule is COc1ccccc1NCCNc1ccc(Cl)cc1Cl. The second-order valence-electron chi connectivity index (χ2n) is 4.18. The lowest BCUT2D eigenvalue weighted by atomic mass is 10.3. The predicted molar refractivity (Wildman–Crippen MR) is 86.4 cm³/mol. The van der Waals surface area contributed by atoms with E-state index >= 15 is 0 Å². The largest absolute Gasteiger partial charge is 0.495 e. The second-order valence-corrected chi connectivity index (χ2v) is 5.02. The Morgan fingerprint density at radius 3 is 2.35 bits per heavy atom. The average Bonchev–Trinajstić information content (AvgIpc) is 2.46. The van der Waals surface area contributed by atoms with Gasteiger partial charge in [0.25, 0.3) is 0 Å². The minimum Gasteiger partial charge on any atom is -0.495 e. The molecule has 0 unspecified atom stereocenters. The van der Waals surface area contributed by atoms with Gasteiger partial charge in [-0.25, -0.2) is 0 Å². The highest BCUT2D eigenvalue weighted by molar-refractivity contribution is 6.36. The average molecular weight is 311 g/mol. The van der Waals surface area contributed by atoms with Crippen LogP contribution in [0.25, 0.3) is 0 Å². The van der Waals surface area contributed by atoms with Crippen molar-refractivity contribution in [1.82, 2.24) is 0 Å². The maximum Gasteiger partial charge on any atom is 0.141 e. The first kappa shape index (κ1) is 14.8. The van der Waals surface area contributed by atoms with E-state index in [1.165, 1.54) is 0 Å². The van der Waals surface area contributed by atoms with Gasteiger partial charge in [0.2, 0.25) is 0 Å². The first-order chi connectivity index (χ1) is 9.70. The zero-order chi connectivity index (χ0) is 14.4. The van der Waals surface area contributed by atoms with Crippen LogP contribution in [-0.2, 0) is 0 Å². The zero-order valence-electron chi connectivity index (χ0n) is 11.1. The topological polar surface area (TPSA) is 33.3 Å². The van der Waals surface area contributed by atoms with Crippen molar-refractivity contribution in [3.63, 3.8) is 0 Å². The summed E-state index contributed by atoms with van der Waals surface area (Å²) >= 11 is 11.9. The van der Waals surface area contributed by atoms with Crippen LogP contribution in [0.5, 0.6) is 5.75 Å². The Hall–Kier alpha value is -1.58. The van der Waals surface area contributed by atoms with Gasteiger partial charge >= 0.3 is 0 Å². The molecule has 0 aliphatic carbocycles. The van der Waals surface area contributed by atoms with Crippen molar-refractivity contribution in [2.45, 2.75) is 0 Å². The smallest absolute Gasteiger partial charge is 0.141 e. The number of nitrogens with one attached hydrogen (secondary N) is 2. The third kappa shape index (κ3) is 3.95. The predicted octanol–water partition coefficient (Wildman–Crippen LogP) is 4.53. The van der Waals surface area contributed by atoms with Gasteiger partial charge in [0.15, 0.2) is 0 Å². The van der Waals surface area contributed by atoms with Crippen LogP contribution < -0.4 is 15.4 Å². The molecular formula is C15H16Cl2N2O. The monoisotopic (exact) mass is 310 g/mol. The second kappa shape index (κ2) is 7.27. The molecule has 5 heteroatoms. The molecule has 3 nitrogen and oxygen atoms in total. The number of hydrogen-bond acceptors (Lipinski definition) is 3. The van der Waals surface area contributed by atoms with Gasteiger partial charge in [0.1, 0.15) is 5.75 Å². The molecule has 2 aromatic rings. The van der Waals surface area contributed by atoms with Gasteiger partial charge in [0.05, 0.1) is 23.5 Å². The van der Waals surface area contributed by atoms with Gasteiger partial charge in [-0.3, -0.25) is 0 Å². The van der Waals surface area contributed by atoms with Crippen LogP contribution in [0.4, 0.5) is 11.4 Å². The summed E-state index contributed by atoms with van der Waals surface area (Å²) in [6.07, 6.45) is 0. The fourth-order valence-corrected chi connectivity index (χ4v) is 2.29. The fourth-order valence-electron chi connectivity index (χ4n) is 1.82. The molecule has 2 aromatic carbocycles. The maximum absolute atomic E-state index is 6.09. The number of anilines is 2. The fraction of sp³-hybridized carbons (Fsp3) is 0.200. The minimum atomic E-state index is 0.620. The number of rotatable bonds is 6. The summed E-state index contributed by atoms with van der Waals surface area (Å²) in [5, 5.41) is 7.81. The van der Waals surface area contributed by atoms with Crippen LogP contribution in [0, 0.1) is 0 Å². The molecule has 0 radical (unpaired) electrons. The highest BCUT2D eigenvalue weighted by Crippen LogP contribution is 2.25. The third-order valence-corrected chi connectivity index (χ3v) is 3.34. The number of hydrogen-bond donors (Lipinski definition) is 2. The molecule has 0 bridgehead atoms. The van der Waals surface area contributed by atoms with Crippen LogP contribution in [0.2, 0.25) is 10.0 Å². The summed E-state index contributed by atoms with van der Waals surface area (Å²) in [5.41, 5.74) is 1.84. The molecule has 0 aromatic heterocycles. The van der Waals surface area contributed by atoms with Gasteiger partial charge in [-0.05, 0) is 30.3 Å². The lowest BCUT2D eigenvalue weighted by Gasteiger charge is -2.12. The van der Waals surface area contributed by atoms with E-state index in [1.54, 1.807) is 13.2 Å². The molecule has 106 valence electrons. The Labute approximate surface area is 128 Å². The van der Waals surface area contributed by atoms with Crippen molar-refractivity contribution in [1.29, 1.82) is 0 Å². The molecular weight excluding hydrogens is 295 g/mol. The molecule has 0 amide bonds. The van der Waals surface area contributed by atoms with Crippen molar-refractivity contribution in [3.8, 4) is 5.75 Å². The van der Waals surface area contributed by atoms with Crippen LogP contribution in [0.3, 0.4) is 0 Å². The molecule has 20 heavy (non-hydrogen) atoms. The Morgan fingerprint density at radius 1 is 0.950 bits per heavy atom. The molecule has 0 fully saturated rings. The normalized spacial score (nSPS) is 10.2. The Bertz CT molecular complexity index is 576. The van der Waals surface area contributed by atoms with Crippen molar-refractivity contribution >= 4 is 34.6 Å². The van der Waals surface area contributed by atoms with E-state index in [9.17, 15) is 0 Å². The Kier molecular flexibility index (Phi) is 5.39. The van der Waals surface area contributed by atoms with E-state index in [2.05, 4.69) is 10.6 Å². The molecule has 0 saturated heterocycles. The van der Waals surface area contributed by atoms with E-state index in [0.717, 1.165) is 30.2 Å². The first-order valence-electron chi connectivity index (χ1n) is 6.26. The molecule has 0 aliphatic rings. The van der Waals surface area contributed by atoms with Crippen molar-refractivity contribution < 1.29 is 4.74 Å². The molecule has 0 heterocycles.